The summed E-state index contributed by atoms with van der Waals surface area (Å²) in [6, 6.07) is 0. The average molecular weight is 355 g/mol. The largest absolute Gasteiger partial charge is 0.385 e. The Morgan fingerprint density at radius 3 is 3.00 bits per heavy atom. The van der Waals surface area contributed by atoms with Crippen molar-refractivity contribution in [2.24, 2.45) is 5.92 Å². The summed E-state index contributed by atoms with van der Waals surface area (Å²) in [4.78, 5) is 16.5. The molecule has 2 atom stereocenters. The number of hydrogen-bond donors (Lipinski definition) is 1. The van der Waals surface area contributed by atoms with E-state index < -0.39 is 4.92 Å². The Hall–Kier alpha value is -1.56. The molecule has 0 spiro atoms. The molecule has 0 saturated heterocycles. The first-order valence-electron chi connectivity index (χ1n) is 7.11. The zero-order valence-corrected chi connectivity index (χ0v) is 15.2. The molecule has 0 amide bonds. The molecule has 0 fully saturated rings. The highest BCUT2D eigenvalue weighted by Gasteiger charge is 2.16. The van der Waals surface area contributed by atoms with Crippen molar-refractivity contribution in [3.05, 3.63) is 38.6 Å². The minimum Gasteiger partial charge on any atom is -0.385 e. The van der Waals surface area contributed by atoms with Crippen molar-refractivity contribution in [1.82, 2.24) is 15.2 Å². The van der Waals surface area contributed by atoms with Crippen molar-refractivity contribution in [1.29, 1.82) is 0 Å². The summed E-state index contributed by atoms with van der Waals surface area (Å²) in [7, 11) is 4.04. The molecule has 0 aliphatic heterocycles. The molecule has 1 aromatic rings. The molecule has 0 aliphatic carbocycles. The predicted molar refractivity (Wildman–Crippen MR) is 96.7 cm³/mol. The highest BCUT2D eigenvalue weighted by atomic mass is 32.2. The first kappa shape index (κ1) is 19.5. The van der Waals surface area contributed by atoms with Gasteiger partial charge in [-0.05, 0) is 14.1 Å². The van der Waals surface area contributed by atoms with Gasteiger partial charge in [0.2, 0.25) is 6.20 Å². The van der Waals surface area contributed by atoms with E-state index in [0.717, 1.165) is 29.2 Å². The van der Waals surface area contributed by atoms with Gasteiger partial charge in [0, 0.05) is 35.4 Å². The summed E-state index contributed by atoms with van der Waals surface area (Å²) in [5.74, 6) is 3.58. The summed E-state index contributed by atoms with van der Waals surface area (Å²) < 4.78 is 0. The van der Waals surface area contributed by atoms with E-state index >= 15 is 0 Å². The maximum Gasteiger partial charge on any atom is 0.249 e. The molecule has 2 unspecified atom stereocenters. The molecule has 0 radical (unpaired) electrons. The van der Waals surface area contributed by atoms with E-state index in [9.17, 15) is 10.1 Å². The number of rotatable bonds is 10. The molecule has 8 heteroatoms. The van der Waals surface area contributed by atoms with Crippen LogP contribution in [0, 0.1) is 28.4 Å². The van der Waals surface area contributed by atoms with E-state index in [1.807, 2.05) is 21.0 Å². The fraction of sp³-hybridized carbons (Fsp3) is 0.533. The lowest BCUT2D eigenvalue weighted by atomic mass is 10.1. The monoisotopic (exact) mass is 354 g/mol. The first-order valence-corrected chi connectivity index (χ1v) is 9.04. The summed E-state index contributed by atoms with van der Waals surface area (Å²) in [5.41, 5.74) is 1.05. The maximum absolute atomic E-state index is 10.3. The third-order valence-corrected chi connectivity index (χ3v) is 5.30. The topological polar surface area (TPSA) is 71.3 Å². The fourth-order valence-electron chi connectivity index (χ4n) is 1.74. The lowest BCUT2D eigenvalue weighted by Crippen LogP contribution is -2.26. The summed E-state index contributed by atoms with van der Waals surface area (Å²) >= 11 is 3.38. The van der Waals surface area contributed by atoms with Crippen molar-refractivity contribution in [2.75, 3.05) is 20.6 Å². The van der Waals surface area contributed by atoms with E-state index in [2.05, 4.69) is 26.5 Å². The Bertz CT molecular complexity index is 566. The van der Waals surface area contributed by atoms with Crippen molar-refractivity contribution < 1.29 is 4.92 Å². The highest BCUT2D eigenvalue weighted by molar-refractivity contribution is 7.99. The van der Waals surface area contributed by atoms with Crippen molar-refractivity contribution in [2.45, 2.75) is 24.5 Å². The second kappa shape index (κ2) is 10.3. The van der Waals surface area contributed by atoms with Gasteiger partial charge in [0.1, 0.15) is 5.01 Å². The molecule has 23 heavy (non-hydrogen) atoms. The minimum absolute atomic E-state index is 0.0661. The Morgan fingerprint density at radius 2 is 2.39 bits per heavy atom. The van der Waals surface area contributed by atoms with Crippen LogP contribution < -0.4 is 5.32 Å². The molecule has 0 saturated carbocycles. The standard InChI is InChI=1S/C15H22N4O2S2/c1-5-12(2)14(8-16-6-7-19(20)21)22-10-13-11-23-15(17-13)9-18(3)4/h1,6-7,11-12,14,16H,8-10H2,2-4H3. The van der Waals surface area contributed by atoms with Crippen LogP contribution in [0.1, 0.15) is 17.6 Å². The van der Waals surface area contributed by atoms with Gasteiger partial charge in [-0.1, -0.05) is 6.92 Å². The van der Waals surface area contributed by atoms with Crippen LogP contribution in [0.5, 0.6) is 0 Å². The number of nitro groups is 1. The second-order valence-electron chi connectivity index (χ2n) is 5.28. The Morgan fingerprint density at radius 1 is 1.65 bits per heavy atom. The van der Waals surface area contributed by atoms with Crippen molar-refractivity contribution >= 4 is 23.1 Å². The minimum atomic E-state index is -0.499. The van der Waals surface area contributed by atoms with Gasteiger partial charge in [-0.15, -0.1) is 35.4 Å². The summed E-state index contributed by atoms with van der Waals surface area (Å²) in [5, 5.41) is 16.5. The van der Waals surface area contributed by atoms with Crippen molar-refractivity contribution in [3.63, 3.8) is 0 Å². The van der Waals surface area contributed by atoms with E-state index in [0.29, 0.717) is 6.54 Å². The number of nitrogens with one attached hydrogen (secondary N) is 1. The molecule has 126 valence electrons. The quantitative estimate of drug-likeness (QED) is 0.395. The first-order chi connectivity index (χ1) is 10.9. The molecule has 0 aliphatic rings. The normalized spacial score (nSPS) is 13.9. The number of terminal acetylenes is 1. The van der Waals surface area contributed by atoms with E-state index in [1.165, 1.54) is 6.20 Å². The van der Waals surface area contributed by atoms with Gasteiger partial charge in [0.25, 0.3) is 0 Å². The van der Waals surface area contributed by atoms with Gasteiger partial charge in [-0.3, -0.25) is 10.1 Å². The molecule has 1 N–H and O–H groups in total. The van der Waals surface area contributed by atoms with Crippen molar-refractivity contribution in [3.8, 4) is 12.3 Å². The van der Waals surface area contributed by atoms with Crippen LogP contribution in [0.3, 0.4) is 0 Å². The molecule has 6 nitrogen and oxygen atoms in total. The number of thioether (sulfide) groups is 1. The van der Waals surface area contributed by atoms with Crippen LogP contribution in [0.2, 0.25) is 0 Å². The van der Waals surface area contributed by atoms with Gasteiger partial charge in [-0.25, -0.2) is 4.98 Å². The third-order valence-electron chi connectivity index (χ3n) is 2.95. The molecule has 1 rings (SSSR count). The smallest absolute Gasteiger partial charge is 0.249 e. The Labute approximate surface area is 145 Å². The van der Waals surface area contributed by atoms with Crippen LogP contribution >= 0.6 is 23.1 Å². The average Bonchev–Trinajstić information content (AvgIpc) is 2.92. The van der Waals surface area contributed by atoms with Gasteiger partial charge >= 0.3 is 0 Å². The third kappa shape index (κ3) is 8.02. The molecular weight excluding hydrogens is 332 g/mol. The number of aromatic nitrogens is 1. The zero-order chi connectivity index (χ0) is 17.2. The number of nitrogens with zero attached hydrogens (tertiary/aromatic N) is 3. The van der Waals surface area contributed by atoms with E-state index in [4.69, 9.17) is 6.42 Å². The van der Waals surface area contributed by atoms with E-state index in [-0.39, 0.29) is 11.2 Å². The SMILES string of the molecule is C#CC(C)C(CNC=C[N+](=O)[O-])SCc1csc(CN(C)C)n1. The number of thiazole rings is 1. The molecule has 0 aromatic carbocycles. The zero-order valence-electron chi connectivity index (χ0n) is 13.6. The van der Waals surface area contributed by atoms with E-state index in [1.54, 1.807) is 23.1 Å². The highest BCUT2D eigenvalue weighted by Crippen LogP contribution is 2.24. The second-order valence-corrected chi connectivity index (χ2v) is 7.45. The summed E-state index contributed by atoms with van der Waals surface area (Å²) in [6.07, 6.45) is 7.74. The van der Waals surface area contributed by atoms with Crippen LogP contribution in [0.25, 0.3) is 0 Å². The fourth-order valence-corrected chi connectivity index (χ4v) is 3.87. The van der Waals surface area contributed by atoms with Gasteiger partial charge in [-0.2, -0.15) is 0 Å². The van der Waals surface area contributed by atoms with Gasteiger partial charge in [0.05, 0.1) is 16.8 Å². The maximum atomic E-state index is 10.3. The van der Waals surface area contributed by atoms with Gasteiger partial charge < -0.3 is 10.2 Å². The predicted octanol–water partition coefficient (Wildman–Crippen LogP) is 2.41. The lowest BCUT2D eigenvalue weighted by molar-refractivity contribution is -0.402. The molecule has 1 aromatic heterocycles. The van der Waals surface area contributed by atoms with Crippen LogP contribution in [-0.4, -0.2) is 40.7 Å². The lowest BCUT2D eigenvalue weighted by Gasteiger charge is -2.19. The van der Waals surface area contributed by atoms with Crippen LogP contribution in [-0.2, 0) is 12.3 Å². The number of hydrogen-bond acceptors (Lipinski definition) is 7. The Balaban J connectivity index is 2.52. The molecule has 1 heterocycles. The van der Waals surface area contributed by atoms with Crippen LogP contribution in [0.4, 0.5) is 0 Å². The van der Waals surface area contributed by atoms with Gasteiger partial charge in [0.15, 0.2) is 0 Å². The van der Waals surface area contributed by atoms with Crippen LogP contribution in [0.15, 0.2) is 17.8 Å². The summed E-state index contributed by atoms with van der Waals surface area (Å²) in [6.45, 7) is 3.40. The molecule has 0 bridgehead atoms. The molecular formula is C15H22N4O2S2. The Kier molecular flexibility index (Phi) is 8.69.